The van der Waals surface area contributed by atoms with Crippen molar-refractivity contribution in [3.05, 3.63) is 22.5 Å². The number of benzene rings is 1. The molecule has 0 saturated carbocycles. The van der Waals surface area contributed by atoms with Gasteiger partial charge in [0.25, 0.3) is 5.89 Å². The average molecular weight is 313 g/mol. The molecular formula is C12H13BrN2O3. The summed E-state index contributed by atoms with van der Waals surface area (Å²) in [5.74, 6) is 2.21. The van der Waals surface area contributed by atoms with Gasteiger partial charge in [0.15, 0.2) is 0 Å². The highest BCUT2D eigenvalue weighted by molar-refractivity contribution is 9.10. The van der Waals surface area contributed by atoms with Gasteiger partial charge in [-0.25, -0.2) is 0 Å². The zero-order chi connectivity index (χ0) is 13.1. The van der Waals surface area contributed by atoms with Crippen LogP contribution in [0.15, 0.2) is 21.0 Å². The van der Waals surface area contributed by atoms with E-state index in [0.717, 1.165) is 4.47 Å². The monoisotopic (exact) mass is 312 g/mol. The standard InChI is InChI=1S/C12H13BrN2O3/c1-4-10-14-15-12(18-10)11-8(16-2)5-7(13)6-9(11)17-3/h5-6H,4H2,1-3H3. The third-order valence-electron chi connectivity index (χ3n) is 2.45. The summed E-state index contributed by atoms with van der Waals surface area (Å²) in [6, 6.07) is 3.65. The molecule has 18 heavy (non-hydrogen) atoms. The molecule has 0 N–H and O–H groups in total. The molecule has 0 aliphatic carbocycles. The van der Waals surface area contributed by atoms with Gasteiger partial charge in [0.1, 0.15) is 17.1 Å². The lowest BCUT2D eigenvalue weighted by atomic mass is 10.1. The van der Waals surface area contributed by atoms with E-state index in [1.165, 1.54) is 0 Å². The number of rotatable bonds is 4. The average Bonchev–Trinajstić information content (AvgIpc) is 2.85. The maximum atomic E-state index is 5.55. The van der Waals surface area contributed by atoms with Crippen LogP contribution in [-0.4, -0.2) is 24.4 Å². The van der Waals surface area contributed by atoms with Crippen molar-refractivity contribution in [2.24, 2.45) is 0 Å². The lowest BCUT2D eigenvalue weighted by Crippen LogP contribution is -1.93. The van der Waals surface area contributed by atoms with Crippen LogP contribution in [0.3, 0.4) is 0 Å². The Hall–Kier alpha value is -1.56. The predicted molar refractivity (Wildman–Crippen MR) is 69.9 cm³/mol. The number of nitrogens with zero attached hydrogens (tertiary/aromatic N) is 2. The van der Waals surface area contributed by atoms with E-state index in [-0.39, 0.29) is 0 Å². The van der Waals surface area contributed by atoms with Crippen LogP contribution in [0.2, 0.25) is 0 Å². The van der Waals surface area contributed by atoms with E-state index < -0.39 is 0 Å². The second kappa shape index (κ2) is 5.39. The van der Waals surface area contributed by atoms with Crippen LogP contribution in [0, 0.1) is 0 Å². The Kier molecular flexibility index (Phi) is 3.86. The lowest BCUT2D eigenvalue weighted by molar-refractivity contribution is 0.392. The third-order valence-corrected chi connectivity index (χ3v) is 2.91. The van der Waals surface area contributed by atoms with Gasteiger partial charge in [0.05, 0.1) is 14.2 Å². The van der Waals surface area contributed by atoms with E-state index in [1.807, 2.05) is 19.1 Å². The molecule has 1 heterocycles. The molecule has 1 aromatic carbocycles. The molecule has 0 saturated heterocycles. The summed E-state index contributed by atoms with van der Waals surface area (Å²) in [6.45, 7) is 1.95. The first-order valence-electron chi connectivity index (χ1n) is 5.43. The quantitative estimate of drug-likeness (QED) is 0.868. The Morgan fingerprint density at radius 2 is 1.78 bits per heavy atom. The van der Waals surface area contributed by atoms with Gasteiger partial charge in [-0.15, -0.1) is 10.2 Å². The van der Waals surface area contributed by atoms with Crippen LogP contribution >= 0.6 is 15.9 Å². The molecule has 0 radical (unpaired) electrons. The number of halogens is 1. The summed E-state index contributed by atoms with van der Waals surface area (Å²) >= 11 is 3.39. The topological polar surface area (TPSA) is 57.4 Å². The molecule has 0 bridgehead atoms. The summed E-state index contributed by atoms with van der Waals surface area (Å²) in [5.41, 5.74) is 0.662. The van der Waals surface area contributed by atoms with Crippen molar-refractivity contribution in [3.8, 4) is 23.0 Å². The molecule has 0 amide bonds. The summed E-state index contributed by atoms with van der Waals surface area (Å²) in [6.07, 6.45) is 0.689. The number of hydrogen-bond acceptors (Lipinski definition) is 5. The van der Waals surface area contributed by atoms with Gasteiger partial charge in [-0.3, -0.25) is 0 Å². The molecule has 96 valence electrons. The van der Waals surface area contributed by atoms with Crippen molar-refractivity contribution >= 4 is 15.9 Å². The fraction of sp³-hybridized carbons (Fsp3) is 0.333. The molecule has 1 aromatic heterocycles. The van der Waals surface area contributed by atoms with Crippen molar-refractivity contribution in [1.82, 2.24) is 10.2 Å². The maximum Gasteiger partial charge on any atom is 0.255 e. The molecule has 0 unspecified atom stereocenters. The zero-order valence-corrected chi connectivity index (χ0v) is 11.9. The molecule has 2 rings (SSSR count). The second-order valence-electron chi connectivity index (χ2n) is 3.54. The maximum absolute atomic E-state index is 5.55. The minimum atomic E-state index is 0.396. The van der Waals surface area contributed by atoms with E-state index in [4.69, 9.17) is 13.9 Å². The molecule has 0 atom stereocenters. The second-order valence-corrected chi connectivity index (χ2v) is 4.46. The Balaban J connectivity index is 2.60. The summed E-state index contributed by atoms with van der Waals surface area (Å²) in [5, 5.41) is 7.96. The molecule has 6 heteroatoms. The first-order chi connectivity index (χ1) is 8.69. The van der Waals surface area contributed by atoms with E-state index in [0.29, 0.717) is 35.3 Å². The van der Waals surface area contributed by atoms with E-state index >= 15 is 0 Å². The Labute approximate surface area is 113 Å². The zero-order valence-electron chi connectivity index (χ0n) is 10.4. The number of aryl methyl sites for hydroxylation is 1. The Morgan fingerprint density at radius 1 is 1.17 bits per heavy atom. The summed E-state index contributed by atoms with van der Waals surface area (Å²) in [4.78, 5) is 0. The van der Waals surface area contributed by atoms with Crippen LogP contribution in [0.5, 0.6) is 11.5 Å². The SMILES string of the molecule is CCc1nnc(-c2c(OC)cc(Br)cc2OC)o1. The van der Waals surface area contributed by atoms with Crippen molar-refractivity contribution in [3.63, 3.8) is 0 Å². The van der Waals surface area contributed by atoms with Crippen LogP contribution in [-0.2, 0) is 6.42 Å². The molecule has 0 spiro atoms. The van der Waals surface area contributed by atoms with E-state index in [1.54, 1.807) is 14.2 Å². The molecule has 0 fully saturated rings. The Bertz CT molecular complexity index is 529. The highest BCUT2D eigenvalue weighted by atomic mass is 79.9. The molecular weight excluding hydrogens is 300 g/mol. The third kappa shape index (κ3) is 2.33. The molecule has 5 nitrogen and oxygen atoms in total. The number of hydrogen-bond donors (Lipinski definition) is 0. The van der Waals surface area contributed by atoms with Crippen molar-refractivity contribution < 1.29 is 13.9 Å². The van der Waals surface area contributed by atoms with Crippen LogP contribution in [0.25, 0.3) is 11.5 Å². The van der Waals surface area contributed by atoms with E-state index in [2.05, 4.69) is 26.1 Å². The van der Waals surface area contributed by atoms with Crippen molar-refractivity contribution in [1.29, 1.82) is 0 Å². The fourth-order valence-corrected chi connectivity index (χ4v) is 2.00. The minimum Gasteiger partial charge on any atom is -0.496 e. The number of methoxy groups -OCH3 is 2. The van der Waals surface area contributed by atoms with Gasteiger partial charge < -0.3 is 13.9 Å². The van der Waals surface area contributed by atoms with E-state index in [9.17, 15) is 0 Å². The van der Waals surface area contributed by atoms with Crippen molar-refractivity contribution in [2.75, 3.05) is 14.2 Å². The first kappa shape index (κ1) is 12.9. The minimum absolute atomic E-state index is 0.396. The normalized spacial score (nSPS) is 10.4. The van der Waals surface area contributed by atoms with Crippen LogP contribution in [0.4, 0.5) is 0 Å². The van der Waals surface area contributed by atoms with Gasteiger partial charge in [-0.05, 0) is 12.1 Å². The van der Waals surface area contributed by atoms with Crippen LogP contribution < -0.4 is 9.47 Å². The lowest BCUT2D eigenvalue weighted by Gasteiger charge is -2.10. The molecule has 0 aliphatic heterocycles. The fourth-order valence-electron chi connectivity index (χ4n) is 1.59. The predicted octanol–water partition coefficient (Wildman–Crippen LogP) is 3.08. The van der Waals surface area contributed by atoms with Crippen LogP contribution in [0.1, 0.15) is 12.8 Å². The largest absolute Gasteiger partial charge is 0.496 e. The summed E-state index contributed by atoms with van der Waals surface area (Å²) in [7, 11) is 3.17. The molecule has 2 aromatic rings. The number of ether oxygens (including phenoxy) is 2. The van der Waals surface area contributed by atoms with Gasteiger partial charge in [0.2, 0.25) is 5.89 Å². The van der Waals surface area contributed by atoms with Gasteiger partial charge in [0, 0.05) is 10.9 Å². The smallest absolute Gasteiger partial charge is 0.255 e. The number of aromatic nitrogens is 2. The highest BCUT2D eigenvalue weighted by Gasteiger charge is 2.19. The van der Waals surface area contributed by atoms with Gasteiger partial charge in [-0.1, -0.05) is 22.9 Å². The van der Waals surface area contributed by atoms with Crippen molar-refractivity contribution in [2.45, 2.75) is 13.3 Å². The highest BCUT2D eigenvalue weighted by Crippen LogP contribution is 2.40. The summed E-state index contributed by atoms with van der Waals surface area (Å²) < 4.78 is 17.1. The Morgan fingerprint density at radius 3 is 2.22 bits per heavy atom. The van der Waals surface area contributed by atoms with Gasteiger partial charge >= 0.3 is 0 Å². The first-order valence-corrected chi connectivity index (χ1v) is 6.23. The molecule has 0 aliphatic rings. The van der Waals surface area contributed by atoms with Gasteiger partial charge in [-0.2, -0.15) is 0 Å².